The van der Waals surface area contributed by atoms with Gasteiger partial charge in [0.1, 0.15) is 5.65 Å². The third kappa shape index (κ3) is 3.85. The van der Waals surface area contributed by atoms with Crippen LogP contribution in [0.2, 0.25) is 5.02 Å². The van der Waals surface area contributed by atoms with Crippen LogP contribution in [0.25, 0.3) is 22.2 Å². The molecule has 28 heavy (non-hydrogen) atoms. The number of sulfone groups is 1. The van der Waals surface area contributed by atoms with Gasteiger partial charge in [0.25, 0.3) is 5.56 Å². The smallest absolute Gasteiger partial charge is 0.259 e. The highest BCUT2D eigenvalue weighted by molar-refractivity contribution is 7.91. The third-order valence-corrected chi connectivity index (χ3v) is 6.78. The first-order valence-electron chi connectivity index (χ1n) is 8.43. The molecule has 3 heterocycles. The van der Waals surface area contributed by atoms with Gasteiger partial charge in [-0.15, -0.1) is 12.4 Å². The summed E-state index contributed by atoms with van der Waals surface area (Å²) in [5.41, 5.74) is 1.37. The van der Waals surface area contributed by atoms with Crippen LogP contribution in [0.15, 0.2) is 41.3 Å². The molecular weight excluding hydrogens is 423 g/mol. The van der Waals surface area contributed by atoms with E-state index in [1.807, 2.05) is 12.1 Å². The van der Waals surface area contributed by atoms with E-state index in [9.17, 15) is 13.2 Å². The van der Waals surface area contributed by atoms with Gasteiger partial charge in [-0.25, -0.2) is 13.4 Å². The minimum atomic E-state index is -3.00. The second-order valence-electron chi connectivity index (χ2n) is 6.62. The van der Waals surface area contributed by atoms with Crippen molar-refractivity contribution in [3.05, 3.63) is 51.9 Å². The summed E-state index contributed by atoms with van der Waals surface area (Å²) in [5, 5.41) is 4.24. The van der Waals surface area contributed by atoms with Crippen LogP contribution in [0.1, 0.15) is 6.42 Å². The number of hydrogen-bond donors (Lipinski definition) is 1. The summed E-state index contributed by atoms with van der Waals surface area (Å²) in [5.74, 6) is 0.543. The van der Waals surface area contributed by atoms with Gasteiger partial charge < -0.3 is 5.32 Å². The Hall–Kier alpha value is -2.16. The van der Waals surface area contributed by atoms with Crippen molar-refractivity contribution in [1.82, 2.24) is 14.5 Å². The molecule has 1 N–H and O–H groups in total. The van der Waals surface area contributed by atoms with Gasteiger partial charge in [-0.2, -0.15) is 4.98 Å². The molecule has 1 aliphatic rings. The largest absolute Gasteiger partial charge is 0.350 e. The molecule has 3 aromatic rings. The zero-order chi connectivity index (χ0) is 19.2. The molecule has 148 valence electrons. The van der Waals surface area contributed by atoms with Crippen molar-refractivity contribution in [2.45, 2.75) is 12.5 Å². The number of benzene rings is 1. The molecular formula is C18H18Cl2N4O3S. The van der Waals surface area contributed by atoms with Crippen molar-refractivity contribution in [3.8, 4) is 11.1 Å². The van der Waals surface area contributed by atoms with Gasteiger partial charge in [-0.3, -0.25) is 9.36 Å². The molecule has 0 saturated carbocycles. The summed E-state index contributed by atoms with van der Waals surface area (Å²) < 4.78 is 24.7. The molecule has 1 aliphatic heterocycles. The lowest BCUT2D eigenvalue weighted by Gasteiger charge is -2.13. The summed E-state index contributed by atoms with van der Waals surface area (Å²) in [6.45, 7) is 0. The van der Waals surface area contributed by atoms with Crippen LogP contribution in [-0.4, -0.2) is 40.5 Å². The van der Waals surface area contributed by atoms with E-state index in [1.165, 1.54) is 4.57 Å². The first-order chi connectivity index (χ1) is 12.8. The molecule has 7 nitrogen and oxygen atoms in total. The summed E-state index contributed by atoms with van der Waals surface area (Å²) in [7, 11) is -1.36. The molecule has 10 heteroatoms. The van der Waals surface area contributed by atoms with E-state index in [-0.39, 0.29) is 35.5 Å². The Bertz CT molecular complexity index is 1210. The Balaban J connectivity index is 0.00000225. The quantitative estimate of drug-likeness (QED) is 0.672. The van der Waals surface area contributed by atoms with Crippen LogP contribution >= 0.6 is 24.0 Å². The molecule has 0 spiro atoms. The molecule has 2 aromatic heterocycles. The highest BCUT2D eigenvalue weighted by Crippen LogP contribution is 2.27. The van der Waals surface area contributed by atoms with Crippen molar-refractivity contribution in [3.63, 3.8) is 0 Å². The molecule has 1 aromatic carbocycles. The molecule has 0 radical (unpaired) electrons. The van der Waals surface area contributed by atoms with Crippen LogP contribution < -0.4 is 10.9 Å². The highest BCUT2D eigenvalue weighted by Gasteiger charge is 2.28. The number of nitrogens with one attached hydrogen (secondary N) is 1. The minimum Gasteiger partial charge on any atom is -0.350 e. The highest BCUT2D eigenvalue weighted by atomic mass is 35.5. The first kappa shape index (κ1) is 20.6. The van der Waals surface area contributed by atoms with Crippen molar-refractivity contribution in [2.75, 3.05) is 16.8 Å². The van der Waals surface area contributed by atoms with Crippen LogP contribution in [0.4, 0.5) is 5.95 Å². The van der Waals surface area contributed by atoms with E-state index in [1.54, 1.807) is 31.4 Å². The number of rotatable bonds is 3. The monoisotopic (exact) mass is 440 g/mol. The van der Waals surface area contributed by atoms with Gasteiger partial charge in [-0.1, -0.05) is 29.8 Å². The van der Waals surface area contributed by atoms with Crippen molar-refractivity contribution in [2.24, 2.45) is 7.05 Å². The van der Waals surface area contributed by atoms with E-state index in [2.05, 4.69) is 15.3 Å². The summed E-state index contributed by atoms with van der Waals surface area (Å²) in [6.07, 6.45) is 2.14. The Kier molecular flexibility index (Phi) is 5.65. The number of hydrogen-bond acceptors (Lipinski definition) is 6. The van der Waals surface area contributed by atoms with Crippen molar-refractivity contribution >= 4 is 50.8 Å². The van der Waals surface area contributed by atoms with E-state index in [0.717, 1.165) is 0 Å². The second kappa shape index (κ2) is 7.69. The lowest BCUT2D eigenvalue weighted by Crippen LogP contribution is -2.23. The standard InChI is InChI=1S/C18H17ClN4O3S.ClH/c1-23-16-11(8-14(17(23)24)13-4-2-3-5-15(13)19)9-20-18(22-16)21-12-6-7-27(25,26)10-12;/h2-5,8-9,12H,6-7,10H2,1H3,(H,20,21,22);1H. The Morgan fingerprint density at radius 1 is 1.25 bits per heavy atom. The van der Waals surface area contributed by atoms with Crippen LogP contribution in [0.5, 0.6) is 0 Å². The third-order valence-electron chi connectivity index (χ3n) is 4.68. The van der Waals surface area contributed by atoms with Crippen LogP contribution in [0.3, 0.4) is 0 Å². The Morgan fingerprint density at radius 3 is 2.68 bits per heavy atom. The number of fused-ring (bicyclic) bond motifs is 1. The van der Waals surface area contributed by atoms with E-state index < -0.39 is 9.84 Å². The van der Waals surface area contributed by atoms with Gasteiger partial charge in [0, 0.05) is 40.8 Å². The van der Waals surface area contributed by atoms with Crippen molar-refractivity contribution < 1.29 is 8.42 Å². The van der Waals surface area contributed by atoms with Gasteiger partial charge in [0.2, 0.25) is 5.95 Å². The molecule has 0 amide bonds. The number of halogens is 2. The maximum Gasteiger partial charge on any atom is 0.259 e. The second-order valence-corrected chi connectivity index (χ2v) is 9.25. The van der Waals surface area contributed by atoms with E-state index >= 15 is 0 Å². The fourth-order valence-corrected chi connectivity index (χ4v) is 5.19. The zero-order valence-electron chi connectivity index (χ0n) is 14.9. The molecule has 1 fully saturated rings. The predicted octanol–water partition coefficient (Wildman–Crippen LogP) is 2.67. The molecule has 0 aliphatic carbocycles. The molecule has 1 unspecified atom stereocenters. The summed E-state index contributed by atoms with van der Waals surface area (Å²) in [6, 6.07) is 8.67. The zero-order valence-corrected chi connectivity index (χ0v) is 17.3. The average Bonchev–Trinajstić information content (AvgIpc) is 2.97. The van der Waals surface area contributed by atoms with E-state index in [0.29, 0.717) is 39.6 Å². The van der Waals surface area contributed by atoms with Gasteiger partial charge in [-0.05, 0) is 18.6 Å². The number of aryl methyl sites for hydroxylation is 1. The molecule has 1 atom stereocenters. The average molecular weight is 441 g/mol. The fourth-order valence-electron chi connectivity index (χ4n) is 3.28. The number of anilines is 1. The Morgan fingerprint density at radius 2 is 2.00 bits per heavy atom. The first-order valence-corrected chi connectivity index (χ1v) is 10.6. The summed E-state index contributed by atoms with van der Waals surface area (Å²) in [4.78, 5) is 21.5. The van der Waals surface area contributed by atoms with Gasteiger partial charge in [0.15, 0.2) is 9.84 Å². The lowest BCUT2D eigenvalue weighted by molar-refractivity contribution is 0.602. The van der Waals surface area contributed by atoms with Crippen LogP contribution in [-0.2, 0) is 16.9 Å². The lowest BCUT2D eigenvalue weighted by atomic mass is 10.1. The van der Waals surface area contributed by atoms with Gasteiger partial charge >= 0.3 is 0 Å². The Labute approximate surface area is 173 Å². The fraction of sp³-hybridized carbons (Fsp3) is 0.278. The number of nitrogens with zero attached hydrogens (tertiary/aromatic N) is 3. The van der Waals surface area contributed by atoms with Crippen molar-refractivity contribution in [1.29, 1.82) is 0 Å². The SMILES string of the molecule is Cl.Cn1c(=O)c(-c2ccccc2Cl)cc2cnc(NC3CCS(=O)(=O)C3)nc21. The number of pyridine rings is 1. The minimum absolute atomic E-state index is 0. The normalized spacial score (nSPS) is 18.0. The van der Waals surface area contributed by atoms with E-state index in [4.69, 9.17) is 11.6 Å². The molecule has 0 bridgehead atoms. The topological polar surface area (TPSA) is 94.0 Å². The van der Waals surface area contributed by atoms with Crippen LogP contribution in [0, 0.1) is 0 Å². The molecule has 1 saturated heterocycles. The van der Waals surface area contributed by atoms with Gasteiger partial charge in [0.05, 0.1) is 11.5 Å². The number of aromatic nitrogens is 3. The summed E-state index contributed by atoms with van der Waals surface area (Å²) >= 11 is 6.24. The maximum absolute atomic E-state index is 12.8. The maximum atomic E-state index is 12.8. The molecule has 4 rings (SSSR count). The predicted molar refractivity (Wildman–Crippen MR) is 113 cm³/mol.